The fourth-order valence-electron chi connectivity index (χ4n) is 1.59. The van der Waals surface area contributed by atoms with Crippen LogP contribution >= 0.6 is 31.9 Å². The van der Waals surface area contributed by atoms with E-state index in [-0.39, 0.29) is 11.6 Å². The lowest BCUT2D eigenvalue weighted by molar-refractivity contribution is -0.385. The van der Waals surface area contributed by atoms with E-state index in [4.69, 9.17) is 4.74 Å². The van der Waals surface area contributed by atoms with E-state index in [1.807, 2.05) is 0 Å². The summed E-state index contributed by atoms with van der Waals surface area (Å²) in [6.45, 7) is 1.64. The Labute approximate surface area is 137 Å². The summed E-state index contributed by atoms with van der Waals surface area (Å²) in [4.78, 5) is 14.3. The zero-order valence-electron chi connectivity index (χ0n) is 10.8. The van der Waals surface area contributed by atoms with Crippen molar-refractivity contribution >= 4 is 37.5 Å². The van der Waals surface area contributed by atoms with Crippen LogP contribution in [0.3, 0.4) is 0 Å². The average molecular weight is 418 g/mol. The molecule has 110 valence electrons. The number of hydrogen-bond donors (Lipinski definition) is 1. The van der Waals surface area contributed by atoms with Crippen molar-refractivity contribution in [2.45, 2.75) is 13.0 Å². The van der Waals surface area contributed by atoms with Crippen molar-refractivity contribution in [2.24, 2.45) is 0 Å². The molecule has 0 bridgehead atoms. The molecule has 0 radical (unpaired) electrons. The van der Waals surface area contributed by atoms with Gasteiger partial charge >= 0.3 is 0 Å². The lowest BCUT2D eigenvalue weighted by atomic mass is 10.2. The summed E-state index contributed by atoms with van der Waals surface area (Å²) in [6.07, 6.45) is 0.879. The van der Waals surface area contributed by atoms with Gasteiger partial charge in [0.05, 0.1) is 20.0 Å². The number of rotatable bonds is 4. The van der Waals surface area contributed by atoms with Crippen LogP contribution < -0.4 is 4.74 Å². The van der Waals surface area contributed by atoms with Gasteiger partial charge in [-0.25, -0.2) is 4.98 Å². The Morgan fingerprint density at radius 3 is 2.48 bits per heavy atom. The molecule has 1 aromatic carbocycles. The second-order valence-corrected chi connectivity index (χ2v) is 5.91. The third kappa shape index (κ3) is 3.78. The maximum absolute atomic E-state index is 10.8. The number of aliphatic hydroxyl groups is 1. The Morgan fingerprint density at radius 2 is 1.95 bits per heavy atom. The SMILES string of the molecule is C[C@H](O)c1ccnc(Oc2c(Br)cc([N+](=O)[O-])cc2Br)c1. The molecule has 0 unspecified atom stereocenters. The van der Waals surface area contributed by atoms with E-state index in [0.29, 0.717) is 20.3 Å². The minimum absolute atomic E-state index is 0.0632. The number of nitro groups is 1. The predicted molar refractivity (Wildman–Crippen MR) is 83.4 cm³/mol. The molecule has 0 spiro atoms. The zero-order chi connectivity index (χ0) is 15.6. The van der Waals surface area contributed by atoms with Gasteiger partial charge in [0.2, 0.25) is 5.88 Å². The number of non-ortho nitro benzene ring substituents is 1. The number of pyridine rings is 1. The quantitative estimate of drug-likeness (QED) is 0.589. The van der Waals surface area contributed by atoms with Crippen molar-refractivity contribution < 1.29 is 14.8 Å². The van der Waals surface area contributed by atoms with Crippen LogP contribution in [0.25, 0.3) is 0 Å². The normalized spacial score (nSPS) is 12.0. The Balaban J connectivity index is 2.36. The molecule has 0 aliphatic carbocycles. The van der Waals surface area contributed by atoms with E-state index in [0.717, 1.165) is 0 Å². The summed E-state index contributed by atoms with van der Waals surface area (Å²) >= 11 is 6.47. The molecule has 1 N–H and O–H groups in total. The van der Waals surface area contributed by atoms with E-state index in [9.17, 15) is 15.2 Å². The van der Waals surface area contributed by atoms with Gasteiger partial charge in [-0.05, 0) is 50.4 Å². The lowest BCUT2D eigenvalue weighted by Crippen LogP contribution is -1.96. The van der Waals surface area contributed by atoms with Crippen molar-refractivity contribution in [1.29, 1.82) is 0 Å². The fourth-order valence-corrected chi connectivity index (χ4v) is 2.92. The number of nitrogens with zero attached hydrogens (tertiary/aromatic N) is 2. The molecule has 0 saturated carbocycles. The highest BCUT2D eigenvalue weighted by atomic mass is 79.9. The summed E-state index contributed by atoms with van der Waals surface area (Å²) < 4.78 is 6.47. The Hall–Kier alpha value is -1.51. The first-order valence-corrected chi connectivity index (χ1v) is 7.42. The molecule has 0 saturated heterocycles. The highest BCUT2D eigenvalue weighted by molar-refractivity contribution is 9.11. The van der Waals surface area contributed by atoms with Crippen LogP contribution in [0.4, 0.5) is 5.69 Å². The zero-order valence-corrected chi connectivity index (χ0v) is 14.0. The van der Waals surface area contributed by atoms with Gasteiger partial charge < -0.3 is 9.84 Å². The van der Waals surface area contributed by atoms with Crippen molar-refractivity contribution in [2.75, 3.05) is 0 Å². The van der Waals surface area contributed by atoms with Crippen molar-refractivity contribution in [1.82, 2.24) is 4.98 Å². The van der Waals surface area contributed by atoms with Crippen LogP contribution in [0, 0.1) is 10.1 Å². The predicted octanol–water partition coefficient (Wildman–Crippen LogP) is 4.36. The number of nitro benzene ring substituents is 1. The highest BCUT2D eigenvalue weighted by Crippen LogP contribution is 2.39. The van der Waals surface area contributed by atoms with Crippen molar-refractivity contribution in [3.8, 4) is 11.6 Å². The topological polar surface area (TPSA) is 85.5 Å². The molecule has 0 aliphatic rings. The average Bonchev–Trinajstić information content (AvgIpc) is 2.42. The first kappa shape index (κ1) is 15.9. The van der Waals surface area contributed by atoms with E-state index in [1.54, 1.807) is 19.1 Å². The molecular weight excluding hydrogens is 408 g/mol. The molecule has 1 aromatic heterocycles. The van der Waals surface area contributed by atoms with Crippen molar-refractivity contribution in [3.05, 3.63) is 55.1 Å². The van der Waals surface area contributed by atoms with Crippen LogP contribution in [0.1, 0.15) is 18.6 Å². The van der Waals surface area contributed by atoms with Gasteiger partial charge in [0.1, 0.15) is 0 Å². The first-order chi connectivity index (χ1) is 9.88. The van der Waals surface area contributed by atoms with Gasteiger partial charge in [-0.2, -0.15) is 0 Å². The number of ether oxygens (including phenoxy) is 1. The van der Waals surface area contributed by atoms with E-state index in [1.165, 1.54) is 18.3 Å². The van der Waals surface area contributed by atoms with Crippen LogP contribution in [-0.2, 0) is 0 Å². The third-order valence-electron chi connectivity index (χ3n) is 2.64. The number of aromatic nitrogens is 1. The van der Waals surface area contributed by atoms with Crippen LogP contribution in [0.5, 0.6) is 11.6 Å². The maximum atomic E-state index is 10.8. The van der Waals surface area contributed by atoms with E-state index >= 15 is 0 Å². The number of benzene rings is 1. The molecule has 0 aliphatic heterocycles. The second kappa shape index (κ2) is 6.50. The van der Waals surface area contributed by atoms with Gasteiger partial charge in [-0.15, -0.1) is 0 Å². The van der Waals surface area contributed by atoms with Crippen LogP contribution in [0.2, 0.25) is 0 Å². The summed E-state index contributed by atoms with van der Waals surface area (Å²) in [5, 5.41) is 20.3. The highest BCUT2D eigenvalue weighted by Gasteiger charge is 2.16. The van der Waals surface area contributed by atoms with Crippen molar-refractivity contribution in [3.63, 3.8) is 0 Å². The minimum Gasteiger partial charge on any atom is -0.437 e. The standard InChI is InChI=1S/C13H10Br2N2O4/c1-7(18)8-2-3-16-12(4-8)21-13-10(14)5-9(17(19)20)6-11(13)15/h2-7,18H,1H3/t7-/m0/s1. The molecule has 2 aromatic rings. The van der Waals surface area contributed by atoms with E-state index < -0.39 is 11.0 Å². The third-order valence-corrected chi connectivity index (χ3v) is 3.82. The molecule has 1 heterocycles. The number of halogens is 2. The maximum Gasteiger partial charge on any atom is 0.271 e. The van der Waals surface area contributed by atoms with Gasteiger partial charge in [-0.1, -0.05) is 0 Å². The molecule has 8 heteroatoms. The lowest BCUT2D eigenvalue weighted by Gasteiger charge is -2.11. The first-order valence-electron chi connectivity index (χ1n) is 5.84. The molecule has 0 fully saturated rings. The Bertz CT molecular complexity index is 669. The van der Waals surface area contributed by atoms with E-state index in [2.05, 4.69) is 36.8 Å². The molecule has 1 atom stereocenters. The van der Waals surface area contributed by atoms with Gasteiger partial charge in [0, 0.05) is 24.4 Å². The second-order valence-electron chi connectivity index (χ2n) is 4.20. The number of hydrogen-bond acceptors (Lipinski definition) is 5. The molecule has 6 nitrogen and oxygen atoms in total. The monoisotopic (exact) mass is 416 g/mol. The largest absolute Gasteiger partial charge is 0.437 e. The summed E-state index contributed by atoms with van der Waals surface area (Å²) in [5.41, 5.74) is 0.598. The molecule has 21 heavy (non-hydrogen) atoms. The number of aliphatic hydroxyl groups excluding tert-OH is 1. The van der Waals surface area contributed by atoms with Gasteiger partial charge in [-0.3, -0.25) is 10.1 Å². The molecule has 0 amide bonds. The fraction of sp³-hybridized carbons (Fsp3) is 0.154. The minimum atomic E-state index is -0.640. The van der Waals surface area contributed by atoms with Gasteiger partial charge in [0.25, 0.3) is 5.69 Å². The van der Waals surface area contributed by atoms with Gasteiger partial charge in [0.15, 0.2) is 5.75 Å². The summed E-state index contributed by atoms with van der Waals surface area (Å²) in [7, 11) is 0. The summed E-state index contributed by atoms with van der Waals surface area (Å²) in [6, 6.07) is 5.97. The Kier molecular flexibility index (Phi) is 4.92. The molecule has 2 rings (SSSR count). The molecular formula is C13H10Br2N2O4. The Morgan fingerprint density at radius 1 is 1.33 bits per heavy atom. The van der Waals surface area contributed by atoms with Crippen LogP contribution in [0.15, 0.2) is 39.4 Å². The smallest absolute Gasteiger partial charge is 0.271 e. The summed E-state index contributed by atoms with van der Waals surface area (Å²) in [5.74, 6) is 0.652. The van der Waals surface area contributed by atoms with Crippen LogP contribution in [-0.4, -0.2) is 15.0 Å².